The van der Waals surface area contributed by atoms with Crippen molar-refractivity contribution in [3.05, 3.63) is 46.7 Å². The zero-order valence-corrected chi connectivity index (χ0v) is 12.9. The monoisotopic (exact) mass is 343 g/mol. The van der Waals surface area contributed by atoms with Crippen LogP contribution in [0, 0.1) is 0 Å². The van der Waals surface area contributed by atoms with Crippen molar-refractivity contribution < 1.29 is 4.52 Å². The SMILES string of the molecule is Brc1ccc2cc(-c3nc(CNC4CC4)no3)ccc2c1. The van der Waals surface area contributed by atoms with E-state index in [2.05, 4.69) is 55.7 Å². The highest BCUT2D eigenvalue weighted by molar-refractivity contribution is 9.10. The molecule has 0 amide bonds. The first-order chi connectivity index (χ1) is 10.3. The highest BCUT2D eigenvalue weighted by Gasteiger charge is 2.21. The Hall–Kier alpha value is -1.72. The summed E-state index contributed by atoms with van der Waals surface area (Å²) in [4.78, 5) is 4.46. The van der Waals surface area contributed by atoms with Gasteiger partial charge < -0.3 is 9.84 Å². The van der Waals surface area contributed by atoms with Crippen molar-refractivity contribution in [3.63, 3.8) is 0 Å². The molecule has 5 heteroatoms. The van der Waals surface area contributed by atoms with Crippen LogP contribution in [0.25, 0.3) is 22.2 Å². The summed E-state index contributed by atoms with van der Waals surface area (Å²) in [7, 11) is 0. The van der Waals surface area contributed by atoms with Crippen molar-refractivity contribution in [2.24, 2.45) is 0 Å². The molecule has 1 N–H and O–H groups in total. The van der Waals surface area contributed by atoms with Gasteiger partial charge in [0.1, 0.15) is 0 Å². The van der Waals surface area contributed by atoms with E-state index in [9.17, 15) is 0 Å². The van der Waals surface area contributed by atoms with Crippen LogP contribution >= 0.6 is 15.9 Å². The van der Waals surface area contributed by atoms with Crippen LogP contribution in [-0.4, -0.2) is 16.2 Å². The second-order valence-corrected chi connectivity index (χ2v) is 6.29. The lowest BCUT2D eigenvalue weighted by Gasteiger charge is -2.00. The quantitative estimate of drug-likeness (QED) is 0.780. The molecule has 0 unspecified atom stereocenters. The molecule has 106 valence electrons. The van der Waals surface area contributed by atoms with Gasteiger partial charge >= 0.3 is 0 Å². The predicted molar refractivity (Wildman–Crippen MR) is 84.8 cm³/mol. The van der Waals surface area contributed by atoms with Crippen molar-refractivity contribution >= 4 is 26.7 Å². The van der Waals surface area contributed by atoms with Gasteiger partial charge in [0.05, 0.1) is 6.54 Å². The zero-order valence-electron chi connectivity index (χ0n) is 11.3. The number of nitrogens with zero attached hydrogens (tertiary/aromatic N) is 2. The molecule has 0 bridgehead atoms. The number of nitrogens with one attached hydrogen (secondary N) is 1. The van der Waals surface area contributed by atoms with Crippen LogP contribution < -0.4 is 5.32 Å². The number of rotatable bonds is 4. The Morgan fingerprint density at radius 2 is 1.95 bits per heavy atom. The molecular formula is C16H14BrN3O. The topological polar surface area (TPSA) is 51.0 Å². The average molecular weight is 344 g/mol. The van der Waals surface area contributed by atoms with Gasteiger partial charge in [0.15, 0.2) is 5.82 Å². The summed E-state index contributed by atoms with van der Waals surface area (Å²) < 4.78 is 6.44. The van der Waals surface area contributed by atoms with Gasteiger partial charge in [0.25, 0.3) is 5.89 Å². The van der Waals surface area contributed by atoms with Gasteiger partial charge in [-0.3, -0.25) is 0 Å². The Labute approximate surface area is 130 Å². The van der Waals surface area contributed by atoms with E-state index < -0.39 is 0 Å². The van der Waals surface area contributed by atoms with E-state index >= 15 is 0 Å². The molecule has 21 heavy (non-hydrogen) atoms. The van der Waals surface area contributed by atoms with E-state index in [1.807, 2.05) is 12.1 Å². The van der Waals surface area contributed by atoms with Crippen LogP contribution in [0.2, 0.25) is 0 Å². The zero-order chi connectivity index (χ0) is 14.2. The van der Waals surface area contributed by atoms with Crippen molar-refractivity contribution in [2.75, 3.05) is 0 Å². The Morgan fingerprint density at radius 3 is 2.81 bits per heavy atom. The summed E-state index contributed by atoms with van der Waals surface area (Å²) in [5, 5.41) is 9.76. The number of fused-ring (bicyclic) bond motifs is 1. The van der Waals surface area contributed by atoms with E-state index in [1.54, 1.807) is 0 Å². The van der Waals surface area contributed by atoms with Gasteiger partial charge in [-0.1, -0.05) is 33.2 Å². The number of halogens is 1. The number of hydrogen-bond acceptors (Lipinski definition) is 4. The Kier molecular flexibility index (Phi) is 3.24. The fourth-order valence-corrected chi connectivity index (χ4v) is 2.69. The molecule has 0 atom stereocenters. The molecule has 0 radical (unpaired) electrons. The largest absolute Gasteiger partial charge is 0.334 e. The van der Waals surface area contributed by atoms with Gasteiger partial charge in [-0.05, 0) is 47.9 Å². The molecular weight excluding hydrogens is 330 g/mol. The predicted octanol–water partition coefficient (Wildman–Crippen LogP) is 3.90. The highest BCUT2D eigenvalue weighted by Crippen LogP contribution is 2.26. The molecule has 2 aromatic carbocycles. The first kappa shape index (κ1) is 13.0. The summed E-state index contributed by atoms with van der Waals surface area (Å²) in [5.41, 5.74) is 0.954. The van der Waals surface area contributed by atoms with Crippen molar-refractivity contribution in [2.45, 2.75) is 25.4 Å². The summed E-state index contributed by atoms with van der Waals surface area (Å²) in [6.07, 6.45) is 2.51. The highest BCUT2D eigenvalue weighted by atomic mass is 79.9. The molecule has 1 aliphatic carbocycles. The third-order valence-corrected chi connectivity index (χ3v) is 4.14. The van der Waals surface area contributed by atoms with Crippen LogP contribution in [0.3, 0.4) is 0 Å². The minimum atomic E-state index is 0.576. The van der Waals surface area contributed by atoms with Crippen molar-refractivity contribution in [1.29, 1.82) is 0 Å². The molecule has 1 saturated carbocycles. The van der Waals surface area contributed by atoms with Gasteiger partial charge in [-0.15, -0.1) is 0 Å². The second-order valence-electron chi connectivity index (χ2n) is 5.38. The Morgan fingerprint density at radius 1 is 1.14 bits per heavy atom. The lowest BCUT2D eigenvalue weighted by atomic mass is 10.1. The summed E-state index contributed by atoms with van der Waals surface area (Å²) >= 11 is 3.49. The Balaban J connectivity index is 1.61. The standard InChI is InChI=1S/C16H14BrN3O/c17-13-4-3-10-7-12(2-1-11(10)8-13)16-19-15(20-21-16)9-18-14-5-6-14/h1-4,7-8,14,18H,5-6,9H2. The lowest BCUT2D eigenvalue weighted by Crippen LogP contribution is -2.16. The summed E-state index contributed by atoms with van der Waals surface area (Å²) in [5.74, 6) is 1.29. The molecule has 1 aromatic heterocycles. The minimum absolute atomic E-state index is 0.576. The van der Waals surface area contributed by atoms with E-state index in [0.717, 1.165) is 15.4 Å². The van der Waals surface area contributed by atoms with Crippen LogP contribution in [0.5, 0.6) is 0 Å². The fraction of sp³-hybridized carbons (Fsp3) is 0.250. The molecule has 0 aliphatic heterocycles. The maximum absolute atomic E-state index is 5.37. The molecule has 1 fully saturated rings. The molecule has 4 nitrogen and oxygen atoms in total. The Bertz CT molecular complexity index is 795. The molecule has 1 aliphatic rings. The molecule has 1 heterocycles. The maximum atomic E-state index is 5.37. The third-order valence-electron chi connectivity index (χ3n) is 3.64. The third kappa shape index (κ3) is 2.84. The van der Waals surface area contributed by atoms with Crippen molar-refractivity contribution in [3.8, 4) is 11.5 Å². The molecule has 0 saturated heterocycles. The van der Waals surface area contributed by atoms with Crippen LogP contribution in [0.4, 0.5) is 0 Å². The van der Waals surface area contributed by atoms with Crippen LogP contribution in [-0.2, 0) is 6.54 Å². The summed E-state index contributed by atoms with van der Waals surface area (Å²) in [6, 6.07) is 13.0. The normalized spacial score (nSPS) is 14.7. The first-order valence-corrected chi connectivity index (χ1v) is 7.83. The van der Waals surface area contributed by atoms with Gasteiger partial charge in [0, 0.05) is 16.1 Å². The van der Waals surface area contributed by atoms with Gasteiger partial charge in [-0.2, -0.15) is 4.98 Å². The van der Waals surface area contributed by atoms with E-state index in [-0.39, 0.29) is 0 Å². The minimum Gasteiger partial charge on any atom is -0.334 e. The van der Waals surface area contributed by atoms with Crippen LogP contribution in [0.1, 0.15) is 18.7 Å². The van der Waals surface area contributed by atoms with Gasteiger partial charge in [-0.25, -0.2) is 0 Å². The number of aromatic nitrogens is 2. The fourth-order valence-electron chi connectivity index (χ4n) is 2.32. The molecule has 4 rings (SSSR count). The number of benzene rings is 2. The van der Waals surface area contributed by atoms with Gasteiger partial charge in [0.2, 0.25) is 0 Å². The average Bonchev–Trinajstić information content (AvgIpc) is 3.21. The summed E-state index contributed by atoms with van der Waals surface area (Å²) in [6.45, 7) is 0.675. The second kappa shape index (κ2) is 5.24. The number of hydrogen-bond donors (Lipinski definition) is 1. The van der Waals surface area contributed by atoms with Crippen LogP contribution in [0.15, 0.2) is 45.4 Å². The smallest absolute Gasteiger partial charge is 0.257 e. The van der Waals surface area contributed by atoms with E-state index in [1.165, 1.54) is 18.2 Å². The molecule has 0 spiro atoms. The molecule has 3 aromatic rings. The maximum Gasteiger partial charge on any atom is 0.257 e. The first-order valence-electron chi connectivity index (χ1n) is 7.03. The lowest BCUT2D eigenvalue weighted by molar-refractivity contribution is 0.419. The van der Waals surface area contributed by atoms with E-state index in [4.69, 9.17) is 4.52 Å². The van der Waals surface area contributed by atoms with Crippen molar-refractivity contribution in [1.82, 2.24) is 15.5 Å². The van der Waals surface area contributed by atoms with E-state index in [0.29, 0.717) is 24.3 Å².